The van der Waals surface area contributed by atoms with Gasteiger partial charge in [-0.3, -0.25) is 9.89 Å². The van der Waals surface area contributed by atoms with Crippen LogP contribution in [0.5, 0.6) is 0 Å². The lowest BCUT2D eigenvalue weighted by atomic mass is 10.0. The molecule has 0 radical (unpaired) electrons. The fourth-order valence-electron chi connectivity index (χ4n) is 2.87. The molecule has 1 heterocycles. The predicted molar refractivity (Wildman–Crippen MR) is 96.0 cm³/mol. The van der Waals surface area contributed by atoms with Crippen molar-refractivity contribution in [2.45, 2.75) is 19.9 Å². The van der Waals surface area contributed by atoms with Crippen LogP contribution in [0.25, 0.3) is 0 Å². The van der Waals surface area contributed by atoms with E-state index < -0.39 is 0 Å². The molecular weight excluding hydrogens is 312 g/mol. The lowest BCUT2D eigenvalue weighted by Gasteiger charge is -2.34. The van der Waals surface area contributed by atoms with Gasteiger partial charge in [0.25, 0.3) is 0 Å². The van der Waals surface area contributed by atoms with Gasteiger partial charge in [-0.05, 0) is 25.5 Å². The van der Waals surface area contributed by atoms with Gasteiger partial charge in [0.05, 0.1) is 25.8 Å². The third kappa shape index (κ3) is 4.83. The van der Waals surface area contributed by atoms with Crippen molar-refractivity contribution in [2.75, 3.05) is 45.9 Å². The number of halogens is 1. The molecule has 1 aromatic carbocycles. The molecule has 1 saturated heterocycles. The van der Waals surface area contributed by atoms with Crippen molar-refractivity contribution < 1.29 is 4.74 Å². The largest absolute Gasteiger partial charge is 0.379 e. The van der Waals surface area contributed by atoms with Gasteiger partial charge in [-0.25, -0.2) is 0 Å². The first kappa shape index (κ1) is 18.0. The van der Waals surface area contributed by atoms with E-state index in [1.165, 1.54) is 0 Å². The first-order chi connectivity index (χ1) is 11.2. The Bertz CT molecular complexity index is 513. The van der Waals surface area contributed by atoms with Crippen LogP contribution in [-0.4, -0.2) is 61.7 Å². The fraction of sp³-hybridized carbons (Fsp3) is 0.588. The highest BCUT2D eigenvalue weighted by Crippen LogP contribution is 2.28. The molecule has 0 saturated carbocycles. The first-order valence-electron chi connectivity index (χ1n) is 8.28. The first-order valence-corrected chi connectivity index (χ1v) is 8.66. The summed E-state index contributed by atoms with van der Waals surface area (Å²) in [7, 11) is 0. The van der Waals surface area contributed by atoms with Crippen molar-refractivity contribution in [1.82, 2.24) is 9.80 Å². The smallest absolute Gasteiger partial charge is 0.191 e. The van der Waals surface area contributed by atoms with Crippen LogP contribution in [0.4, 0.5) is 0 Å². The van der Waals surface area contributed by atoms with Crippen LogP contribution in [0, 0.1) is 0 Å². The van der Waals surface area contributed by atoms with Crippen molar-refractivity contribution in [3.63, 3.8) is 0 Å². The summed E-state index contributed by atoms with van der Waals surface area (Å²) in [5, 5.41) is 0.778. The number of aliphatic imine (C=N–C) groups is 1. The molecule has 0 spiro atoms. The quantitative estimate of drug-likeness (QED) is 0.639. The lowest BCUT2D eigenvalue weighted by molar-refractivity contribution is 0.0179. The molecule has 6 heteroatoms. The van der Waals surface area contributed by atoms with E-state index in [1.807, 2.05) is 18.2 Å². The molecular formula is C17H27ClN4O. The average Bonchev–Trinajstić information content (AvgIpc) is 2.58. The highest BCUT2D eigenvalue weighted by Gasteiger charge is 2.24. The third-order valence-corrected chi connectivity index (χ3v) is 4.61. The van der Waals surface area contributed by atoms with Gasteiger partial charge >= 0.3 is 0 Å². The second-order valence-corrected chi connectivity index (χ2v) is 5.96. The Morgan fingerprint density at radius 1 is 1.30 bits per heavy atom. The highest BCUT2D eigenvalue weighted by atomic mass is 35.5. The number of rotatable bonds is 6. The number of morpholine rings is 1. The number of guanidine groups is 1. The van der Waals surface area contributed by atoms with Gasteiger partial charge in [-0.15, -0.1) is 0 Å². The summed E-state index contributed by atoms with van der Waals surface area (Å²) in [6, 6.07) is 8.11. The molecule has 0 bridgehead atoms. The van der Waals surface area contributed by atoms with Crippen LogP contribution >= 0.6 is 11.6 Å². The second-order valence-electron chi connectivity index (χ2n) is 5.56. The van der Waals surface area contributed by atoms with Crippen molar-refractivity contribution in [3.05, 3.63) is 34.9 Å². The molecule has 1 aliphatic rings. The average molecular weight is 339 g/mol. The zero-order valence-electron chi connectivity index (χ0n) is 14.0. The topological polar surface area (TPSA) is 54.1 Å². The van der Waals surface area contributed by atoms with E-state index in [0.717, 1.165) is 50.0 Å². The Morgan fingerprint density at radius 2 is 1.96 bits per heavy atom. The summed E-state index contributed by atoms with van der Waals surface area (Å²) in [6.07, 6.45) is 0. The van der Waals surface area contributed by atoms with E-state index in [1.54, 1.807) is 0 Å². The summed E-state index contributed by atoms with van der Waals surface area (Å²) < 4.78 is 5.47. The number of hydrogen-bond donors (Lipinski definition) is 1. The molecule has 1 atom stereocenters. The van der Waals surface area contributed by atoms with Crippen LogP contribution in [-0.2, 0) is 4.74 Å². The molecule has 1 aliphatic heterocycles. The Morgan fingerprint density at radius 3 is 2.57 bits per heavy atom. The summed E-state index contributed by atoms with van der Waals surface area (Å²) >= 11 is 6.42. The number of nitrogens with two attached hydrogens (primary N) is 1. The Hall–Kier alpha value is -1.30. The van der Waals surface area contributed by atoms with E-state index in [4.69, 9.17) is 22.1 Å². The van der Waals surface area contributed by atoms with Crippen LogP contribution in [0.2, 0.25) is 5.02 Å². The minimum absolute atomic E-state index is 0.127. The molecule has 128 valence electrons. The Balaban J connectivity index is 2.20. The molecule has 5 nitrogen and oxygen atoms in total. The molecule has 1 fully saturated rings. The standard InChI is InChI=1S/C17H27ClN4O/c1-3-21(4-2)17(19)20-13-16(22-9-11-23-12-10-22)14-7-5-6-8-15(14)18/h5-8,16H,3-4,9-13H2,1-2H3,(H2,19,20). The monoisotopic (exact) mass is 338 g/mol. The second kappa shape index (κ2) is 9.11. The summed E-state index contributed by atoms with van der Waals surface area (Å²) in [6.45, 7) is 9.75. The van der Waals surface area contributed by atoms with E-state index in [9.17, 15) is 0 Å². The predicted octanol–water partition coefficient (Wildman–Crippen LogP) is 2.37. The number of benzene rings is 1. The molecule has 1 unspecified atom stereocenters. The van der Waals surface area contributed by atoms with Gasteiger partial charge in [0.1, 0.15) is 0 Å². The van der Waals surface area contributed by atoms with Crippen LogP contribution in [0.3, 0.4) is 0 Å². The summed E-state index contributed by atoms with van der Waals surface area (Å²) in [5.74, 6) is 0.598. The SMILES string of the molecule is CCN(CC)C(N)=NCC(c1ccccc1Cl)N1CCOCC1. The van der Waals surface area contributed by atoms with Gasteiger partial charge in [-0.1, -0.05) is 29.8 Å². The minimum Gasteiger partial charge on any atom is -0.379 e. The van der Waals surface area contributed by atoms with Crippen molar-refractivity contribution in [3.8, 4) is 0 Å². The molecule has 2 N–H and O–H groups in total. The van der Waals surface area contributed by atoms with Gasteiger partial charge in [0.15, 0.2) is 5.96 Å². The van der Waals surface area contributed by atoms with E-state index >= 15 is 0 Å². The molecule has 0 aromatic heterocycles. The molecule has 0 aliphatic carbocycles. The maximum atomic E-state index is 6.42. The maximum absolute atomic E-state index is 6.42. The minimum atomic E-state index is 0.127. The molecule has 2 rings (SSSR count). The van der Waals surface area contributed by atoms with Gasteiger partial charge in [0.2, 0.25) is 0 Å². The zero-order valence-corrected chi connectivity index (χ0v) is 14.8. The van der Waals surface area contributed by atoms with Crippen molar-refractivity contribution in [2.24, 2.45) is 10.7 Å². The number of ether oxygens (including phenoxy) is 1. The summed E-state index contributed by atoms with van der Waals surface area (Å²) in [5.41, 5.74) is 7.24. The number of hydrogen-bond acceptors (Lipinski definition) is 3. The molecule has 23 heavy (non-hydrogen) atoms. The van der Waals surface area contributed by atoms with E-state index in [2.05, 4.69) is 34.7 Å². The maximum Gasteiger partial charge on any atom is 0.191 e. The van der Waals surface area contributed by atoms with Crippen LogP contribution < -0.4 is 5.73 Å². The van der Waals surface area contributed by atoms with Crippen LogP contribution in [0.1, 0.15) is 25.5 Å². The van der Waals surface area contributed by atoms with Crippen LogP contribution in [0.15, 0.2) is 29.3 Å². The van der Waals surface area contributed by atoms with E-state index in [-0.39, 0.29) is 6.04 Å². The van der Waals surface area contributed by atoms with E-state index in [0.29, 0.717) is 12.5 Å². The summed E-state index contributed by atoms with van der Waals surface area (Å²) in [4.78, 5) is 9.08. The highest BCUT2D eigenvalue weighted by molar-refractivity contribution is 6.31. The fourth-order valence-corrected chi connectivity index (χ4v) is 3.13. The van der Waals surface area contributed by atoms with Gasteiger partial charge < -0.3 is 15.4 Å². The van der Waals surface area contributed by atoms with Gasteiger partial charge in [-0.2, -0.15) is 0 Å². The lowest BCUT2D eigenvalue weighted by Crippen LogP contribution is -2.41. The normalized spacial score (nSPS) is 18.0. The van der Waals surface area contributed by atoms with Crippen molar-refractivity contribution >= 4 is 17.6 Å². The third-order valence-electron chi connectivity index (χ3n) is 4.26. The Kier molecular flexibility index (Phi) is 7.15. The Labute approximate surface area is 144 Å². The number of nitrogens with zero attached hydrogens (tertiary/aromatic N) is 3. The van der Waals surface area contributed by atoms with Gasteiger partial charge in [0, 0.05) is 31.2 Å². The van der Waals surface area contributed by atoms with Crippen molar-refractivity contribution in [1.29, 1.82) is 0 Å². The molecule has 1 aromatic rings. The zero-order chi connectivity index (χ0) is 16.7. The molecule has 0 amide bonds.